The van der Waals surface area contributed by atoms with Crippen molar-refractivity contribution in [1.29, 1.82) is 0 Å². The van der Waals surface area contributed by atoms with Gasteiger partial charge in [-0.05, 0) is 53.5 Å². The van der Waals surface area contributed by atoms with Crippen LogP contribution in [-0.4, -0.2) is 70.2 Å². The minimum atomic E-state index is -1.39. The molecule has 0 unspecified atom stereocenters. The highest BCUT2D eigenvalue weighted by atomic mass is 16.4. The zero-order valence-electron chi connectivity index (χ0n) is 16.8. The van der Waals surface area contributed by atoms with E-state index in [1.54, 1.807) is 0 Å². The van der Waals surface area contributed by atoms with Crippen LogP contribution in [0.1, 0.15) is 47.0 Å². The van der Waals surface area contributed by atoms with Crippen molar-refractivity contribution in [3.8, 4) is 0 Å². The molecule has 9 N–H and O–H groups in total. The second kappa shape index (κ2) is 11.6. The number of amides is 3. The van der Waals surface area contributed by atoms with Gasteiger partial charge in [-0.2, -0.15) is 0 Å². The first kappa shape index (κ1) is 25.8. The third kappa shape index (κ3) is 9.11. The van der Waals surface area contributed by atoms with E-state index in [4.69, 9.17) is 11.5 Å². The monoisotopic (exact) mass is 403 g/mol. The molecule has 0 bridgehead atoms. The Morgan fingerprint density at radius 1 is 1.00 bits per heavy atom. The van der Waals surface area contributed by atoms with Gasteiger partial charge >= 0.3 is 5.97 Å². The van der Waals surface area contributed by atoms with Crippen LogP contribution >= 0.6 is 0 Å². The van der Waals surface area contributed by atoms with Crippen molar-refractivity contribution in [2.45, 2.75) is 76.7 Å². The lowest BCUT2D eigenvalue weighted by Gasteiger charge is -2.26. The van der Waals surface area contributed by atoms with Crippen LogP contribution in [0.5, 0.6) is 0 Å². The molecule has 0 saturated heterocycles. The molecular weight excluding hydrogens is 370 g/mol. The number of aliphatic hydroxyl groups excluding tert-OH is 1. The van der Waals surface area contributed by atoms with E-state index in [1.807, 2.05) is 0 Å². The summed E-state index contributed by atoms with van der Waals surface area (Å²) in [5, 5.41) is 26.1. The van der Waals surface area contributed by atoms with Crippen LogP contribution in [0.4, 0.5) is 0 Å². The topological polar surface area (TPSA) is 197 Å². The van der Waals surface area contributed by atoms with Crippen LogP contribution in [0.2, 0.25) is 0 Å². The van der Waals surface area contributed by atoms with E-state index >= 15 is 0 Å². The van der Waals surface area contributed by atoms with Crippen molar-refractivity contribution in [3.63, 3.8) is 0 Å². The number of aliphatic carboxylic acids is 1. The Hall–Kier alpha value is -2.24. The summed E-state index contributed by atoms with van der Waals surface area (Å²) in [6.07, 6.45) is -0.0321. The fraction of sp³-hybridized carbons (Fsp3) is 0.765. The molecule has 3 amide bonds. The number of nitrogens with two attached hydrogens (primary N) is 2. The van der Waals surface area contributed by atoms with E-state index in [1.165, 1.54) is 27.7 Å². The van der Waals surface area contributed by atoms with Gasteiger partial charge in [-0.25, -0.2) is 4.79 Å². The third-order valence-electron chi connectivity index (χ3n) is 3.95. The molecule has 0 spiro atoms. The quantitative estimate of drug-likeness (QED) is 0.178. The highest BCUT2D eigenvalue weighted by Crippen LogP contribution is 2.04. The summed E-state index contributed by atoms with van der Waals surface area (Å²) < 4.78 is 0. The van der Waals surface area contributed by atoms with Crippen LogP contribution in [0.15, 0.2) is 0 Å². The SMILES string of the molecule is C[C@H](NC(=O)C(C)(C)N)C(=O)N[C@H](C(=O)N[C@@H](CCCCN)C(=O)O)[C@@H](C)O. The minimum absolute atomic E-state index is 0.163. The van der Waals surface area contributed by atoms with E-state index in [0.717, 1.165) is 0 Å². The number of carbonyl (C=O) groups excluding carboxylic acids is 3. The number of carboxylic acids is 1. The standard InChI is InChI=1S/C17H33N5O6/c1-9(20-16(28)17(3,4)19)13(24)22-12(10(2)23)14(25)21-11(15(26)27)7-5-6-8-18/h9-12,23H,5-8,18-19H2,1-4H3,(H,20,28)(H,21,25)(H,22,24)(H,26,27)/t9-,10+,11-,12-/m0/s1. The Balaban J connectivity index is 4.99. The molecule has 162 valence electrons. The molecule has 0 aromatic rings. The molecule has 28 heavy (non-hydrogen) atoms. The van der Waals surface area contributed by atoms with Crippen molar-refractivity contribution in [2.24, 2.45) is 11.5 Å². The maximum absolute atomic E-state index is 12.4. The maximum Gasteiger partial charge on any atom is 0.326 e. The highest BCUT2D eigenvalue weighted by molar-refractivity contribution is 5.94. The molecular formula is C17H33N5O6. The van der Waals surface area contributed by atoms with Gasteiger partial charge in [0.25, 0.3) is 0 Å². The molecule has 0 radical (unpaired) electrons. The van der Waals surface area contributed by atoms with Gasteiger partial charge in [0.2, 0.25) is 17.7 Å². The predicted molar refractivity (Wildman–Crippen MR) is 102 cm³/mol. The average Bonchev–Trinajstić information content (AvgIpc) is 2.56. The maximum atomic E-state index is 12.4. The lowest BCUT2D eigenvalue weighted by Crippen LogP contribution is -2.60. The first-order chi connectivity index (χ1) is 12.8. The van der Waals surface area contributed by atoms with E-state index in [-0.39, 0.29) is 6.42 Å². The van der Waals surface area contributed by atoms with Gasteiger partial charge in [0, 0.05) is 0 Å². The Bertz CT molecular complexity index is 561. The van der Waals surface area contributed by atoms with Crippen molar-refractivity contribution in [2.75, 3.05) is 6.54 Å². The molecule has 0 heterocycles. The molecule has 0 aliphatic carbocycles. The summed E-state index contributed by atoms with van der Waals surface area (Å²) >= 11 is 0. The van der Waals surface area contributed by atoms with Gasteiger partial charge in [0.1, 0.15) is 18.1 Å². The molecule has 0 saturated carbocycles. The van der Waals surface area contributed by atoms with Gasteiger partial charge in [0.05, 0.1) is 11.6 Å². The molecule has 0 aliphatic rings. The van der Waals surface area contributed by atoms with E-state index in [0.29, 0.717) is 19.4 Å². The number of hydrogen-bond acceptors (Lipinski definition) is 7. The molecule has 0 rings (SSSR count). The molecule has 4 atom stereocenters. The summed E-state index contributed by atoms with van der Waals surface area (Å²) in [6.45, 7) is 6.01. The summed E-state index contributed by atoms with van der Waals surface area (Å²) in [6, 6.07) is -3.59. The average molecular weight is 403 g/mol. The number of aliphatic hydroxyl groups is 1. The zero-order chi connectivity index (χ0) is 22.1. The Kier molecular flexibility index (Phi) is 10.6. The minimum Gasteiger partial charge on any atom is -0.480 e. The summed E-state index contributed by atoms with van der Waals surface area (Å²) in [5.41, 5.74) is 9.82. The first-order valence-corrected chi connectivity index (χ1v) is 9.12. The van der Waals surface area contributed by atoms with Crippen LogP contribution in [0.3, 0.4) is 0 Å². The van der Waals surface area contributed by atoms with Crippen molar-refractivity contribution in [3.05, 3.63) is 0 Å². The van der Waals surface area contributed by atoms with Gasteiger partial charge in [-0.3, -0.25) is 14.4 Å². The van der Waals surface area contributed by atoms with Crippen molar-refractivity contribution in [1.82, 2.24) is 16.0 Å². The Morgan fingerprint density at radius 3 is 2.00 bits per heavy atom. The third-order valence-corrected chi connectivity index (χ3v) is 3.95. The van der Waals surface area contributed by atoms with Crippen LogP contribution in [0, 0.1) is 0 Å². The largest absolute Gasteiger partial charge is 0.480 e. The van der Waals surface area contributed by atoms with Gasteiger partial charge < -0.3 is 37.6 Å². The number of unbranched alkanes of at least 4 members (excludes halogenated alkanes) is 1. The predicted octanol–water partition coefficient (Wildman–Crippen LogP) is -2.21. The Labute approximate surface area is 164 Å². The lowest BCUT2D eigenvalue weighted by molar-refractivity contribution is -0.143. The molecule has 11 heteroatoms. The summed E-state index contributed by atoms with van der Waals surface area (Å²) in [7, 11) is 0. The van der Waals surface area contributed by atoms with Gasteiger partial charge in [-0.1, -0.05) is 0 Å². The number of carbonyl (C=O) groups is 4. The van der Waals surface area contributed by atoms with E-state index in [2.05, 4.69) is 16.0 Å². The van der Waals surface area contributed by atoms with Gasteiger partial charge in [0.15, 0.2) is 0 Å². The molecule has 0 aliphatic heterocycles. The van der Waals surface area contributed by atoms with Crippen LogP contribution in [-0.2, 0) is 19.2 Å². The summed E-state index contributed by atoms with van der Waals surface area (Å²) in [5.74, 6) is -3.37. The lowest BCUT2D eigenvalue weighted by atomic mass is 10.1. The van der Waals surface area contributed by atoms with Crippen LogP contribution < -0.4 is 27.4 Å². The fourth-order valence-electron chi connectivity index (χ4n) is 2.14. The molecule has 0 aromatic heterocycles. The Morgan fingerprint density at radius 2 is 1.57 bits per heavy atom. The summed E-state index contributed by atoms with van der Waals surface area (Å²) in [4.78, 5) is 47.8. The first-order valence-electron chi connectivity index (χ1n) is 9.12. The number of rotatable bonds is 12. The van der Waals surface area contributed by atoms with E-state index < -0.39 is 53.5 Å². The smallest absolute Gasteiger partial charge is 0.326 e. The second-order valence-electron chi connectivity index (χ2n) is 7.33. The molecule has 0 fully saturated rings. The van der Waals surface area contributed by atoms with Crippen molar-refractivity contribution < 1.29 is 29.4 Å². The zero-order valence-corrected chi connectivity index (χ0v) is 16.8. The number of hydrogen-bond donors (Lipinski definition) is 7. The van der Waals surface area contributed by atoms with Crippen molar-refractivity contribution >= 4 is 23.7 Å². The van der Waals surface area contributed by atoms with Gasteiger partial charge in [-0.15, -0.1) is 0 Å². The number of nitrogens with one attached hydrogen (secondary N) is 3. The molecule has 11 nitrogen and oxygen atoms in total. The normalized spacial score (nSPS) is 15.7. The van der Waals surface area contributed by atoms with Crippen LogP contribution in [0.25, 0.3) is 0 Å². The van der Waals surface area contributed by atoms with E-state index in [9.17, 15) is 29.4 Å². The number of carboxylic acid groups (broad SMARTS) is 1. The molecule has 0 aromatic carbocycles. The fourth-order valence-corrected chi connectivity index (χ4v) is 2.14. The second-order valence-corrected chi connectivity index (χ2v) is 7.33. The highest BCUT2D eigenvalue weighted by Gasteiger charge is 2.32.